The molecule has 1 amide bonds. The van der Waals surface area contributed by atoms with Gasteiger partial charge in [-0.1, -0.05) is 0 Å². The van der Waals surface area contributed by atoms with Crippen LogP contribution < -0.4 is 15.4 Å². The van der Waals surface area contributed by atoms with Crippen molar-refractivity contribution in [3.05, 3.63) is 47.9 Å². The summed E-state index contributed by atoms with van der Waals surface area (Å²) in [5.74, 6) is 0.466. The van der Waals surface area contributed by atoms with Crippen molar-refractivity contribution in [2.24, 2.45) is 0 Å². The quantitative estimate of drug-likeness (QED) is 0.496. The Labute approximate surface area is 203 Å². The number of aromatic nitrogens is 3. The summed E-state index contributed by atoms with van der Waals surface area (Å²) in [5.41, 5.74) is 6.00. The van der Waals surface area contributed by atoms with Crippen molar-refractivity contribution >= 4 is 29.1 Å². The van der Waals surface area contributed by atoms with E-state index in [1.54, 1.807) is 23.9 Å². The molecule has 3 N–H and O–H groups in total. The van der Waals surface area contributed by atoms with Gasteiger partial charge in [-0.2, -0.15) is 10.1 Å². The first-order valence-corrected chi connectivity index (χ1v) is 11.6. The molecule has 0 aliphatic carbocycles. The summed E-state index contributed by atoms with van der Waals surface area (Å²) >= 11 is 0. The van der Waals surface area contributed by atoms with Crippen LogP contribution >= 0.6 is 0 Å². The molecule has 2 aromatic heterocycles. The Kier molecular flexibility index (Phi) is 6.12. The molecular weight excluding hydrogens is 446 g/mol. The van der Waals surface area contributed by atoms with Crippen molar-refractivity contribution in [2.75, 3.05) is 37.4 Å². The zero-order valence-corrected chi connectivity index (χ0v) is 20.0. The van der Waals surface area contributed by atoms with E-state index >= 15 is 0 Å². The largest absolute Gasteiger partial charge is 0.475 e. The van der Waals surface area contributed by atoms with Crippen molar-refractivity contribution in [1.29, 1.82) is 5.41 Å². The minimum absolute atomic E-state index is 0.0181. The lowest BCUT2D eigenvalue weighted by Crippen LogP contribution is -2.41. The van der Waals surface area contributed by atoms with E-state index in [4.69, 9.17) is 19.9 Å². The van der Waals surface area contributed by atoms with Gasteiger partial charge in [-0.15, -0.1) is 0 Å². The normalized spacial score (nSPS) is 20.5. The summed E-state index contributed by atoms with van der Waals surface area (Å²) < 4.78 is 13.2. The Balaban J connectivity index is 1.58. The first kappa shape index (κ1) is 22.9. The van der Waals surface area contributed by atoms with E-state index in [1.165, 1.54) is 6.21 Å². The standard InChI is InChI=1S/C25H29N7O3/c1-15(12-26)16(2)29-19-9-17-8-18(10-19)27-5-7-31-20(11-22(34-3)25(31)33)14-35-23-4-6-32-24(30-23)21(17)13-28-32/h4,6,8-10,12-13,20,22,26-27,29H,5,7,11,14H2,1-3H3/b16-15-,26-12?/t20-,22+/m0/s1. The van der Waals surface area contributed by atoms with Crippen molar-refractivity contribution in [3.63, 3.8) is 0 Å². The van der Waals surface area contributed by atoms with Crippen molar-refractivity contribution in [2.45, 2.75) is 32.4 Å². The molecule has 3 aromatic rings. The van der Waals surface area contributed by atoms with Crippen LogP contribution in [0.25, 0.3) is 16.8 Å². The van der Waals surface area contributed by atoms with E-state index in [-0.39, 0.29) is 11.9 Å². The molecule has 1 saturated heterocycles. The molecule has 10 heteroatoms. The fraction of sp³-hybridized carbons (Fsp3) is 0.360. The number of hydrogen-bond acceptors (Lipinski definition) is 8. The van der Waals surface area contributed by atoms with Crippen molar-refractivity contribution in [3.8, 4) is 17.0 Å². The third kappa shape index (κ3) is 4.44. The van der Waals surface area contributed by atoms with E-state index in [0.29, 0.717) is 37.6 Å². The molecule has 2 aliphatic heterocycles. The summed E-state index contributed by atoms with van der Waals surface area (Å²) in [5, 5.41) is 18.9. The van der Waals surface area contributed by atoms with Gasteiger partial charge in [0.25, 0.3) is 5.91 Å². The Bertz CT molecular complexity index is 1320. The fourth-order valence-corrected chi connectivity index (χ4v) is 4.51. The molecule has 0 spiro atoms. The van der Waals surface area contributed by atoms with Crippen LogP contribution in [0.15, 0.2) is 47.9 Å². The predicted molar refractivity (Wildman–Crippen MR) is 134 cm³/mol. The molecule has 0 radical (unpaired) electrons. The molecule has 5 rings (SSSR count). The highest BCUT2D eigenvalue weighted by Crippen LogP contribution is 2.32. The number of benzene rings is 1. The number of amides is 1. The maximum Gasteiger partial charge on any atom is 0.252 e. The van der Waals surface area contributed by atoms with Crippen LogP contribution in [0.5, 0.6) is 5.88 Å². The number of hydrogen-bond donors (Lipinski definition) is 3. The summed E-state index contributed by atoms with van der Waals surface area (Å²) in [6.07, 6.45) is 5.08. The molecule has 4 bridgehead atoms. The third-order valence-corrected chi connectivity index (χ3v) is 6.60. The Morgan fingerprint density at radius 3 is 3.00 bits per heavy atom. The first-order chi connectivity index (χ1) is 17.0. The molecule has 35 heavy (non-hydrogen) atoms. The number of rotatable bonds is 4. The van der Waals surface area contributed by atoms with Crippen LogP contribution in [0.4, 0.5) is 11.4 Å². The van der Waals surface area contributed by atoms with Gasteiger partial charge >= 0.3 is 0 Å². The number of carbonyl (C=O) groups excluding carboxylic acids is 1. The molecule has 2 aliphatic rings. The minimum atomic E-state index is -0.456. The van der Waals surface area contributed by atoms with Crippen molar-refractivity contribution in [1.82, 2.24) is 19.5 Å². The molecule has 10 nitrogen and oxygen atoms in total. The highest BCUT2D eigenvalue weighted by atomic mass is 16.5. The molecule has 0 saturated carbocycles. The van der Waals surface area contributed by atoms with Gasteiger partial charge in [0, 0.05) is 67.7 Å². The average Bonchev–Trinajstić information content (AvgIpc) is 3.42. The van der Waals surface area contributed by atoms with E-state index in [0.717, 1.165) is 33.8 Å². The average molecular weight is 476 g/mol. The molecular formula is C25H29N7O3. The molecule has 4 heterocycles. The smallest absolute Gasteiger partial charge is 0.252 e. The van der Waals surface area contributed by atoms with Gasteiger partial charge in [0.05, 0.1) is 12.2 Å². The van der Waals surface area contributed by atoms with E-state index < -0.39 is 6.10 Å². The number of fused-ring (bicyclic) bond motifs is 5. The lowest BCUT2D eigenvalue weighted by molar-refractivity contribution is -0.136. The molecule has 0 unspecified atom stereocenters. The monoisotopic (exact) mass is 475 g/mol. The van der Waals surface area contributed by atoms with Crippen LogP contribution in [0.1, 0.15) is 20.3 Å². The Morgan fingerprint density at radius 1 is 1.34 bits per heavy atom. The number of allylic oxidation sites excluding steroid dienone is 2. The van der Waals surface area contributed by atoms with E-state index in [9.17, 15) is 4.79 Å². The van der Waals surface area contributed by atoms with Crippen molar-refractivity contribution < 1.29 is 14.3 Å². The van der Waals surface area contributed by atoms with Crippen LogP contribution in [0.3, 0.4) is 0 Å². The fourth-order valence-electron chi connectivity index (χ4n) is 4.51. The second kappa shape index (κ2) is 9.38. The zero-order valence-electron chi connectivity index (χ0n) is 20.0. The van der Waals surface area contributed by atoms with Gasteiger partial charge in [-0.05, 0) is 43.2 Å². The second-order valence-electron chi connectivity index (χ2n) is 8.85. The summed E-state index contributed by atoms with van der Waals surface area (Å²) in [6.45, 7) is 5.28. The van der Waals surface area contributed by atoms with Crippen LogP contribution in [-0.4, -0.2) is 70.6 Å². The molecule has 2 atom stereocenters. The lowest BCUT2D eigenvalue weighted by Gasteiger charge is -2.25. The van der Waals surface area contributed by atoms with Gasteiger partial charge in [-0.25, -0.2) is 4.52 Å². The van der Waals surface area contributed by atoms with Gasteiger partial charge in [0.1, 0.15) is 12.7 Å². The maximum absolute atomic E-state index is 12.9. The molecule has 182 valence electrons. The number of nitrogens with zero attached hydrogens (tertiary/aromatic N) is 4. The van der Waals surface area contributed by atoms with Gasteiger partial charge in [0.15, 0.2) is 5.65 Å². The topological polar surface area (TPSA) is 117 Å². The predicted octanol–water partition coefficient (Wildman–Crippen LogP) is 3.17. The maximum atomic E-state index is 12.9. The number of methoxy groups -OCH3 is 1. The van der Waals surface area contributed by atoms with Crippen LogP contribution in [0, 0.1) is 5.41 Å². The van der Waals surface area contributed by atoms with Gasteiger partial charge in [0.2, 0.25) is 5.88 Å². The highest BCUT2D eigenvalue weighted by Gasteiger charge is 2.39. The van der Waals surface area contributed by atoms with Gasteiger partial charge in [-0.3, -0.25) is 4.79 Å². The minimum Gasteiger partial charge on any atom is -0.475 e. The van der Waals surface area contributed by atoms with E-state index in [1.807, 2.05) is 43.1 Å². The first-order valence-electron chi connectivity index (χ1n) is 11.6. The summed E-state index contributed by atoms with van der Waals surface area (Å²) in [6, 6.07) is 7.79. The second-order valence-corrected chi connectivity index (χ2v) is 8.85. The Hall–Kier alpha value is -3.92. The number of carbonyl (C=O) groups is 1. The highest BCUT2D eigenvalue weighted by molar-refractivity contribution is 5.84. The lowest BCUT2D eigenvalue weighted by atomic mass is 10.1. The zero-order chi connectivity index (χ0) is 24.5. The molecule has 1 fully saturated rings. The third-order valence-electron chi connectivity index (χ3n) is 6.60. The number of nitrogens with one attached hydrogen (secondary N) is 3. The number of anilines is 2. The van der Waals surface area contributed by atoms with Crippen LogP contribution in [-0.2, 0) is 9.53 Å². The summed E-state index contributed by atoms with van der Waals surface area (Å²) in [4.78, 5) is 19.4. The summed E-state index contributed by atoms with van der Waals surface area (Å²) in [7, 11) is 1.57. The molecule has 1 aromatic carbocycles. The van der Waals surface area contributed by atoms with Gasteiger partial charge < -0.3 is 30.4 Å². The van der Waals surface area contributed by atoms with E-state index in [2.05, 4.69) is 15.7 Å². The SMILES string of the molecule is CO[C@@H]1C[C@H]2COc3ccn4ncc(c4n3)-c3cc(cc(N/C(C)=C(/C)C=N)c3)NCCN2C1=O. The number of ether oxygens (including phenoxy) is 2. The van der Waals surface area contributed by atoms with Crippen LogP contribution in [0.2, 0.25) is 0 Å². The Morgan fingerprint density at radius 2 is 2.20 bits per heavy atom.